The average Bonchev–Trinajstić information content (AvgIpc) is 2.75. The number of rotatable bonds is 7. The average molecular weight is 337 g/mol. The molecule has 0 aromatic rings. The van der Waals surface area contributed by atoms with Gasteiger partial charge in [-0.1, -0.05) is 13.3 Å². The third-order valence-electron chi connectivity index (χ3n) is 3.44. The number of carbonyl (C=O) groups excluding carboxylic acids is 2. The Balaban J connectivity index is 2.49. The van der Waals surface area contributed by atoms with E-state index in [0.717, 1.165) is 6.42 Å². The van der Waals surface area contributed by atoms with Crippen molar-refractivity contribution >= 4 is 33.5 Å². The molecule has 1 aliphatic heterocycles. The molecule has 0 aromatic carbocycles. The molecule has 0 saturated carbocycles. The standard InChI is InChI=1S/C13H23NO5S2/c1-4-6-13(2,12(16)19-3)14-11(15)8-20-10-5-7-21(17,18)9-10/h10H,4-9H2,1-3H3,(H,14,15). The Morgan fingerprint density at radius 1 is 1.43 bits per heavy atom. The van der Waals surface area contributed by atoms with Crippen molar-refractivity contribution in [3.63, 3.8) is 0 Å². The number of amides is 1. The number of carbonyl (C=O) groups is 2. The second kappa shape index (κ2) is 7.49. The summed E-state index contributed by atoms with van der Waals surface area (Å²) in [5.74, 6) is -0.260. The summed E-state index contributed by atoms with van der Waals surface area (Å²) in [6, 6.07) is 0. The van der Waals surface area contributed by atoms with E-state index in [0.29, 0.717) is 12.8 Å². The van der Waals surface area contributed by atoms with Gasteiger partial charge in [-0.15, -0.1) is 11.8 Å². The van der Waals surface area contributed by atoms with Gasteiger partial charge in [0.1, 0.15) is 5.54 Å². The zero-order valence-corrected chi connectivity index (χ0v) is 14.3. The fourth-order valence-electron chi connectivity index (χ4n) is 2.37. The summed E-state index contributed by atoms with van der Waals surface area (Å²) >= 11 is 1.33. The molecular formula is C13H23NO5S2. The van der Waals surface area contributed by atoms with E-state index in [4.69, 9.17) is 4.74 Å². The minimum atomic E-state index is -2.93. The highest BCUT2D eigenvalue weighted by molar-refractivity contribution is 8.02. The maximum atomic E-state index is 12.0. The molecule has 1 amide bonds. The quantitative estimate of drug-likeness (QED) is 0.690. The molecule has 2 atom stereocenters. The summed E-state index contributed by atoms with van der Waals surface area (Å²) in [5.41, 5.74) is -1.02. The first kappa shape index (κ1) is 18.3. The first-order valence-corrected chi connectivity index (χ1v) is 9.81. The van der Waals surface area contributed by atoms with Gasteiger partial charge in [0, 0.05) is 5.25 Å². The van der Waals surface area contributed by atoms with Crippen LogP contribution in [0.5, 0.6) is 0 Å². The van der Waals surface area contributed by atoms with Gasteiger partial charge in [0.2, 0.25) is 5.91 Å². The molecular weight excluding hydrogens is 314 g/mol. The smallest absolute Gasteiger partial charge is 0.331 e. The van der Waals surface area contributed by atoms with Crippen molar-refractivity contribution in [2.75, 3.05) is 24.4 Å². The SMILES string of the molecule is CCCC(C)(NC(=O)CSC1CCS(=O)(=O)C1)C(=O)OC. The second-order valence-electron chi connectivity index (χ2n) is 5.46. The molecule has 1 rings (SSSR count). The van der Waals surface area contributed by atoms with Gasteiger partial charge in [0.05, 0.1) is 24.4 Å². The number of nitrogens with one attached hydrogen (secondary N) is 1. The van der Waals surface area contributed by atoms with Gasteiger partial charge in [0.15, 0.2) is 9.84 Å². The van der Waals surface area contributed by atoms with Gasteiger partial charge in [-0.3, -0.25) is 4.79 Å². The van der Waals surface area contributed by atoms with Crippen molar-refractivity contribution < 1.29 is 22.7 Å². The molecule has 0 radical (unpaired) electrons. The molecule has 1 heterocycles. The van der Waals surface area contributed by atoms with Crippen LogP contribution in [0.2, 0.25) is 0 Å². The highest BCUT2D eigenvalue weighted by Crippen LogP contribution is 2.24. The van der Waals surface area contributed by atoms with Gasteiger partial charge in [-0.25, -0.2) is 13.2 Å². The molecule has 122 valence electrons. The molecule has 21 heavy (non-hydrogen) atoms. The molecule has 0 bridgehead atoms. The van der Waals surface area contributed by atoms with E-state index in [9.17, 15) is 18.0 Å². The molecule has 0 aromatic heterocycles. The third kappa shape index (κ3) is 5.50. The maximum Gasteiger partial charge on any atom is 0.331 e. The van der Waals surface area contributed by atoms with Gasteiger partial charge in [-0.2, -0.15) is 0 Å². The third-order valence-corrected chi connectivity index (χ3v) is 6.72. The summed E-state index contributed by atoms with van der Waals surface area (Å²) in [5, 5.41) is 2.67. The normalized spacial score (nSPS) is 23.3. The first-order chi connectivity index (χ1) is 9.72. The van der Waals surface area contributed by atoms with Crippen LogP contribution in [0.4, 0.5) is 0 Å². The van der Waals surface area contributed by atoms with Crippen LogP contribution in [0.3, 0.4) is 0 Å². The minimum Gasteiger partial charge on any atom is -0.467 e. The summed E-state index contributed by atoms with van der Waals surface area (Å²) in [6.45, 7) is 3.57. The van der Waals surface area contributed by atoms with Gasteiger partial charge >= 0.3 is 5.97 Å². The van der Waals surface area contributed by atoms with Crippen molar-refractivity contribution in [2.45, 2.75) is 43.9 Å². The van der Waals surface area contributed by atoms with Crippen LogP contribution in [-0.4, -0.2) is 55.5 Å². The lowest BCUT2D eigenvalue weighted by Crippen LogP contribution is -2.53. The zero-order valence-electron chi connectivity index (χ0n) is 12.7. The van der Waals surface area contributed by atoms with E-state index in [1.807, 2.05) is 6.92 Å². The van der Waals surface area contributed by atoms with Crippen LogP contribution in [0.25, 0.3) is 0 Å². The van der Waals surface area contributed by atoms with E-state index < -0.39 is 21.3 Å². The van der Waals surface area contributed by atoms with Crippen molar-refractivity contribution in [3.05, 3.63) is 0 Å². The van der Waals surface area contributed by atoms with Crippen LogP contribution >= 0.6 is 11.8 Å². The van der Waals surface area contributed by atoms with Gasteiger partial charge in [-0.05, 0) is 19.8 Å². The van der Waals surface area contributed by atoms with E-state index in [-0.39, 0.29) is 28.4 Å². The second-order valence-corrected chi connectivity index (χ2v) is 8.98. The Morgan fingerprint density at radius 3 is 2.57 bits per heavy atom. The highest BCUT2D eigenvalue weighted by atomic mass is 32.2. The topological polar surface area (TPSA) is 89.5 Å². The molecule has 0 aliphatic carbocycles. The minimum absolute atomic E-state index is 0.0312. The number of esters is 1. The Morgan fingerprint density at radius 2 is 2.10 bits per heavy atom. The molecule has 1 saturated heterocycles. The number of ether oxygens (including phenoxy) is 1. The summed E-state index contributed by atoms with van der Waals surface area (Å²) in [6.07, 6.45) is 1.82. The van der Waals surface area contributed by atoms with Crippen LogP contribution < -0.4 is 5.32 Å². The molecule has 1 aliphatic rings. The van der Waals surface area contributed by atoms with Crippen LogP contribution in [-0.2, 0) is 24.2 Å². The predicted octanol–water partition coefficient (Wildman–Crippen LogP) is 0.755. The van der Waals surface area contributed by atoms with Crippen LogP contribution in [0.1, 0.15) is 33.1 Å². The summed E-state index contributed by atoms with van der Waals surface area (Å²) < 4.78 is 27.4. The van der Waals surface area contributed by atoms with Gasteiger partial charge < -0.3 is 10.1 Å². The van der Waals surface area contributed by atoms with Crippen molar-refractivity contribution in [1.29, 1.82) is 0 Å². The number of hydrogen-bond acceptors (Lipinski definition) is 6. The lowest BCUT2D eigenvalue weighted by molar-refractivity contribution is -0.150. The van der Waals surface area contributed by atoms with Crippen LogP contribution in [0.15, 0.2) is 0 Å². The predicted molar refractivity (Wildman–Crippen MR) is 83.0 cm³/mol. The van der Waals surface area contributed by atoms with E-state index >= 15 is 0 Å². The first-order valence-electron chi connectivity index (χ1n) is 6.94. The largest absolute Gasteiger partial charge is 0.467 e. The van der Waals surface area contributed by atoms with Crippen LogP contribution in [0, 0.1) is 0 Å². The molecule has 0 spiro atoms. The Kier molecular flexibility index (Phi) is 6.52. The number of sulfone groups is 1. The van der Waals surface area contributed by atoms with Crippen molar-refractivity contribution in [2.24, 2.45) is 0 Å². The van der Waals surface area contributed by atoms with E-state index in [1.165, 1.54) is 18.9 Å². The Labute approximate surface area is 130 Å². The monoisotopic (exact) mass is 337 g/mol. The Hall–Kier alpha value is -0.760. The van der Waals surface area contributed by atoms with Crippen molar-refractivity contribution in [1.82, 2.24) is 5.32 Å². The number of methoxy groups -OCH3 is 1. The molecule has 2 unspecified atom stereocenters. The summed E-state index contributed by atoms with van der Waals surface area (Å²) in [7, 11) is -1.64. The highest BCUT2D eigenvalue weighted by Gasteiger charge is 2.35. The number of thioether (sulfide) groups is 1. The molecule has 6 nitrogen and oxygen atoms in total. The summed E-state index contributed by atoms with van der Waals surface area (Å²) in [4.78, 5) is 23.8. The van der Waals surface area contributed by atoms with Crippen molar-refractivity contribution in [3.8, 4) is 0 Å². The van der Waals surface area contributed by atoms with E-state index in [1.54, 1.807) is 6.92 Å². The Bertz CT molecular complexity index is 491. The zero-order chi connectivity index (χ0) is 16.1. The molecule has 1 fully saturated rings. The fourth-order valence-corrected chi connectivity index (χ4v) is 5.81. The number of hydrogen-bond donors (Lipinski definition) is 1. The molecule has 1 N–H and O–H groups in total. The fraction of sp³-hybridized carbons (Fsp3) is 0.846. The maximum absolute atomic E-state index is 12.0. The lowest BCUT2D eigenvalue weighted by atomic mass is 9.96. The van der Waals surface area contributed by atoms with Gasteiger partial charge in [0.25, 0.3) is 0 Å². The van der Waals surface area contributed by atoms with E-state index in [2.05, 4.69) is 5.32 Å². The lowest BCUT2D eigenvalue weighted by Gasteiger charge is -2.27. The molecule has 8 heteroatoms.